The van der Waals surface area contributed by atoms with Gasteiger partial charge >= 0.3 is 0 Å². The Balaban J connectivity index is 2.47. The van der Waals surface area contributed by atoms with Crippen LogP contribution in [0.4, 0.5) is 0 Å². The van der Waals surface area contributed by atoms with Crippen molar-refractivity contribution in [3.8, 4) is 11.5 Å². The van der Waals surface area contributed by atoms with E-state index in [1.165, 1.54) is 20.5 Å². The Labute approximate surface area is 116 Å². The molecular formula is C14H15ClO4. The molecule has 1 heterocycles. The zero-order valence-corrected chi connectivity index (χ0v) is 11.7. The Morgan fingerprint density at radius 1 is 1.26 bits per heavy atom. The van der Waals surface area contributed by atoms with E-state index in [0.29, 0.717) is 27.6 Å². The van der Waals surface area contributed by atoms with Crippen molar-refractivity contribution in [2.75, 3.05) is 14.2 Å². The number of aryl methyl sites for hydroxylation is 1. The summed E-state index contributed by atoms with van der Waals surface area (Å²) in [6.07, 6.45) is 0.646. The Bertz CT molecular complexity index is 577. The van der Waals surface area contributed by atoms with Crippen LogP contribution in [0.3, 0.4) is 0 Å². The van der Waals surface area contributed by atoms with Gasteiger partial charge in [0.15, 0.2) is 0 Å². The molecule has 0 bridgehead atoms. The summed E-state index contributed by atoms with van der Waals surface area (Å²) in [5.74, 6) is 1.62. The minimum atomic E-state index is -0.865. The molecule has 5 heteroatoms. The third-order valence-corrected chi connectivity index (χ3v) is 3.24. The standard InChI is InChI=1S/C14H15ClO4/c1-8-6-9(7-19-8)13(16)10-4-5-11(17-2)12(15)14(10)18-3/h4-7,13,16H,1-3H3. The number of benzene rings is 1. The quantitative estimate of drug-likeness (QED) is 0.934. The van der Waals surface area contributed by atoms with E-state index in [1.807, 2.05) is 6.92 Å². The second-order valence-electron chi connectivity index (χ2n) is 4.10. The van der Waals surface area contributed by atoms with Gasteiger partial charge in [-0.25, -0.2) is 0 Å². The molecular weight excluding hydrogens is 268 g/mol. The van der Waals surface area contributed by atoms with Gasteiger partial charge in [0.05, 0.1) is 20.5 Å². The molecule has 1 atom stereocenters. The van der Waals surface area contributed by atoms with Gasteiger partial charge in [-0.1, -0.05) is 11.6 Å². The number of furan rings is 1. The lowest BCUT2D eigenvalue weighted by atomic mass is 10.0. The molecule has 0 spiro atoms. The van der Waals surface area contributed by atoms with Gasteiger partial charge in [-0.2, -0.15) is 0 Å². The molecule has 1 unspecified atom stereocenters. The molecule has 1 aromatic carbocycles. The molecule has 1 N–H and O–H groups in total. The highest BCUT2D eigenvalue weighted by Gasteiger charge is 2.21. The number of halogens is 1. The van der Waals surface area contributed by atoms with E-state index < -0.39 is 6.10 Å². The lowest BCUT2D eigenvalue weighted by Crippen LogP contribution is -2.02. The Kier molecular flexibility index (Phi) is 4.02. The van der Waals surface area contributed by atoms with Gasteiger partial charge in [-0.05, 0) is 25.1 Å². The number of ether oxygens (including phenoxy) is 2. The molecule has 102 valence electrons. The van der Waals surface area contributed by atoms with Gasteiger partial charge in [0.1, 0.15) is 28.4 Å². The van der Waals surface area contributed by atoms with Gasteiger partial charge in [0.25, 0.3) is 0 Å². The first-order chi connectivity index (χ1) is 9.08. The van der Waals surface area contributed by atoms with Crippen LogP contribution in [-0.4, -0.2) is 19.3 Å². The van der Waals surface area contributed by atoms with Crippen LogP contribution < -0.4 is 9.47 Å². The molecule has 0 aliphatic carbocycles. The minimum Gasteiger partial charge on any atom is -0.495 e. The predicted molar refractivity (Wildman–Crippen MR) is 72.1 cm³/mol. The number of hydrogen-bond donors (Lipinski definition) is 1. The third kappa shape index (κ3) is 2.55. The first-order valence-electron chi connectivity index (χ1n) is 5.72. The molecule has 2 rings (SSSR count). The van der Waals surface area contributed by atoms with Crippen LogP contribution in [-0.2, 0) is 0 Å². The zero-order valence-electron chi connectivity index (χ0n) is 10.9. The zero-order chi connectivity index (χ0) is 14.0. The fourth-order valence-electron chi connectivity index (χ4n) is 1.92. The van der Waals surface area contributed by atoms with Crippen molar-refractivity contribution in [3.05, 3.63) is 46.4 Å². The van der Waals surface area contributed by atoms with Crippen molar-refractivity contribution in [1.29, 1.82) is 0 Å². The van der Waals surface area contributed by atoms with Crippen molar-refractivity contribution in [2.24, 2.45) is 0 Å². The van der Waals surface area contributed by atoms with Crippen LogP contribution in [0.1, 0.15) is 23.0 Å². The Hall–Kier alpha value is -1.65. The maximum Gasteiger partial charge on any atom is 0.147 e. The van der Waals surface area contributed by atoms with Gasteiger partial charge in [0, 0.05) is 11.1 Å². The average molecular weight is 283 g/mol. The Morgan fingerprint density at radius 3 is 2.53 bits per heavy atom. The highest BCUT2D eigenvalue weighted by molar-refractivity contribution is 6.33. The van der Waals surface area contributed by atoms with Crippen molar-refractivity contribution in [1.82, 2.24) is 0 Å². The molecule has 2 aromatic rings. The summed E-state index contributed by atoms with van der Waals surface area (Å²) >= 11 is 6.17. The van der Waals surface area contributed by atoms with Crippen LogP contribution in [0.5, 0.6) is 11.5 Å². The number of aliphatic hydroxyl groups excluding tert-OH is 1. The summed E-state index contributed by atoms with van der Waals surface area (Å²) in [6, 6.07) is 5.18. The lowest BCUT2D eigenvalue weighted by molar-refractivity contribution is 0.213. The molecule has 1 aromatic heterocycles. The van der Waals surface area contributed by atoms with Gasteiger partial charge in [-0.3, -0.25) is 0 Å². The van der Waals surface area contributed by atoms with Crippen LogP contribution in [0, 0.1) is 6.92 Å². The maximum absolute atomic E-state index is 10.4. The van der Waals surface area contributed by atoms with E-state index in [9.17, 15) is 5.11 Å². The van der Waals surface area contributed by atoms with Crippen LogP contribution in [0.2, 0.25) is 5.02 Å². The summed E-state index contributed by atoms with van der Waals surface area (Å²) in [6.45, 7) is 1.81. The minimum absolute atomic E-state index is 0.335. The highest BCUT2D eigenvalue weighted by atomic mass is 35.5. The van der Waals surface area contributed by atoms with Gasteiger partial charge in [-0.15, -0.1) is 0 Å². The highest BCUT2D eigenvalue weighted by Crippen LogP contribution is 2.41. The summed E-state index contributed by atoms with van der Waals surface area (Å²) in [7, 11) is 3.02. The molecule has 0 amide bonds. The molecule has 0 radical (unpaired) electrons. The second kappa shape index (κ2) is 5.55. The van der Waals surface area contributed by atoms with Crippen molar-refractivity contribution >= 4 is 11.6 Å². The topological polar surface area (TPSA) is 51.8 Å². The SMILES string of the molecule is COc1ccc(C(O)c2coc(C)c2)c(OC)c1Cl. The van der Waals surface area contributed by atoms with E-state index >= 15 is 0 Å². The van der Waals surface area contributed by atoms with E-state index in [1.54, 1.807) is 18.2 Å². The molecule has 0 fully saturated rings. The molecule has 0 aliphatic heterocycles. The first-order valence-corrected chi connectivity index (χ1v) is 6.09. The lowest BCUT2D eigenvalue weighted by Gasteiger charge is -2.16. The molecule has 0 saturated carbocycles. The monoisotopic (exact) mass is 282 g/mol. The molecule has 0 aliphatic rings. The van der Waals surface area contributed by atoms with Crippen molar-refractivity contribution < 1.29 is 19.0 Å². The second-order valence-corrected chi connectivity index (χ2v) is 4.48. The van der Waals surface area contributed by atoms with E-state index in [-0.39, 0.29) is 0 Å². The largest absolute Gasteiger partial charge is 0.495 e. The van der Waals surface area contributed by atoms with E-state index in [4.69, 9.17) is 25.5 Å². The normalized spacial score (nSPS) is 12.3. The van der Waals surface area contributed by atoms with Gasteiger partial charge in [0.2, 0.25) is 0 Å². The maximum atomic E-state index is 10.4. The predicted octanol–water partition coefficient (Wildman–Crippen LogP) is 3.34. The Morgan fingerprint density at radius 2 is 2.00 bits per heavy atom. The van der Waals surface area contributed by atoms with Crippen molar-refractivity contribution in [2.45, 2.75) is 13.0 Å². The van der Waals surface area contributed by atoms with Crippen molar-refractivity contribution in [3.63, 3.8) is 0 Å². The number of aliphatic hydroxyl groups is 1. The summed E-state index contributed by atoms with van der Waals surface area (Å²) in [5, 5.41) is 10.7. The first kappa shape index (κ1) is 13.8. The summed E-state index contributed by atoms with van der Waals surface area (Å²) in [5.41, 5.74) is 1.21. The summed E-state index contributed by atoms with van der Waals surface area (Å²) < 4.78 is 15.6. The fourth-order valence-corrected chi connectivity index (χ4v) is 2.25. The third-order valence-electron chi connectivity index (χ3n) is 2.88. The van der Waals surface area contributed by atoms with E-state index in [0.717, 1.165) is 5.76 Å². The average Bonchev–Trinajstić information content (AvgIpc) is 2.84. The van der Waals surface area contributed by atoms with Crippen LogP contribution in [0.15, 0.2) is 28.9 Å². The number of rotatable bonds is 4. The number of hydrogen-bond acceptors (Lipinski definition) is 4. The van der Waals surface area contributed by atoms with E-state index in [2.05, 4.69) is 0 Å². The fraction of sp³-hybridized carbons (Fsp3) is 0.286. The molecule has 4 nitrogen and oxygen atoms in total. The molecule has 0 saturated heterocycles. The molecule has 19 heavy (non-hydrogen) atoms. The van der Waals surface area contributed by atoms with Gasteiger partial charge < -0.3 is 19.0 Å². The number of methoxy groups -OCH3 is 2. The van der Waals surface area contributed by atoms with Crippen LogP contribution in [0.25, 0.3) is 0 Å². The van der Waals surface area contributed by atoms with Crippen LogP contribution >= 0.6 is 11.6 Å². The summed E-state index contributed by atoms with van der Waals surface area (Å²) in [4.78, 5) is 0. The smallest absolute Gasteiger partial charge is 0.147 e.